The number of nitrogens with zero attached hydrogens (tertiary/aromatic N) is 1. The molecule has 3 aromatic carbocycles. The molecule has 6 heteroatoms. The summed E-state index contributed by atoms with van der Waals surface area (Å²) in [5.41, 5.74) is 5.05. The Bertz CT molecular complexity index is 1480. The molecule has 230 valence electrons. The zero-order chi connectivity index (χ0) is 30.7. The molecule has 2 bridgehead atoms. The maximum absolute atomic E-state index is 14.2. The average Bonchev–Trinajstić information content (AvgIpc) is 3.32. The highest BCUT2D eigenvalue weighted by molar-refractivity contribution is 9.09. The van der Waals surface area contributed by atoms with Gasteiger partial charge in [0.1, 0.15) is 0 Å². The number of halogens is 1. The fourth-order valence-corrected chi connectivity index (χ4v) is 8.92. The van der Waals surface area contributed by atoms with Gasteiger partial charge < -0.3 is 4.74 Å². The van der Waals surface area contributed by atoms with Gasteiger partial charge in [-0.2, -0.15) is 0 Å². The van der Waals surface area contributed by atoms with E-state index in [1.807, 2.05) is 24.3 Å². The molecule has 0 unspecified atom stereocenters. The van der Waals surface area contributed by atoms with Crippen LogP contribution in [-0.2, 0) is 18.7 Å². The van der Waals surface area contributed by atoms with Gasteiger partial charge in [0.05, 0.1) is 34.0 Å². The number of hydrogen-bond acceptors (Lipinski definition) is 4. The van der Waals surface area contributed by atoms with Crippen molar-refractivity contribution < 1.29 is 19.1 Å². The fraction of sp³-hybridized carbons (Fsp3) is 0.447. The Balaban J connectivity index is 1.09. The smallest absolute Gasteiger partial charge is 0.338 e. The van der Waals surface area contributed by atoms with Gasteiger partial charge in [0.25, 0.3) is 0 Å². The molecule has 2 atom stereocenters. The number of alkyl halides is 1. The molecular weight excluding hydrogens is 614 g/mol. The molecule has 0 N–H and O–H groups in total. The van der Waals surface area contributed by atoms with Gasteiger partial charge in [0.2, 0.25) is 11.8 Å². The van der Waals surface area contributed by atoms with Crippen LogP contribution in [0.4, 0.5) is 5.69 Å². The largest absolute Gasteiger partial charge is 0.462 e. The molecule has 0 aromatic heterocycles. The molecule has 1 saturated heterocycles. The first-order valence-electron chi connectivity index (χ1n) is 16.5. The quantitative estimate of drug-likeness (QED) is 0.0752. The van der Waals surface area contributed by atoms with Crippen LogP contribution in [0.5, 0.6) is 0 Å². The van der Waals surface area contributed by atoms with Crippen molar-refractivity contribution in [3.05, 3.63) is 101 Å². The highest BCUT2D eigenvalue weighted by Gasteiger charge is 2.67. The van der Waals surface area contributed by atoms with E-state index in [0.717, 1.165) is 41.5 Å². The highest BCUT2D eigenvalue weighted by atomic mass is 79.9. The van der Waals surface area contributed by atoms with Crippen molar-refractivity contribution in [3.8, 4) is 0 Å². The summed E-state index contributed by atoms with van der Waals surface area (Å²) in [7, 11) is 0. The van der Waals surface area contributed by atoms with Crippen LogP contribution in [0, 0.1) is 11.8 Å². The summed E-state index contributed by atoms with van der Waals surface area (Å²) >= 11 is 4.04. The van der Waals surface area contributed by atoms with E-state index in [0.29, 0.717) is 17.9 Å². The van der Waals surface area contributed by atoms with E-state index in [9.17, 15) is 14.4 Å². The number of carbonyl (C=O) groups excluding carboxylic acids is 3. The van der Waals surface area contributed by atoms with Gasteiger partial charge in [0, 0.05) is 5.92 Å². The number of rotatable bonds is 14. The summed E-state index contributed by atoms with van der Waals surface area (Å²) in [5.74, 6) is -2.19. The Kier molecular flexibility index (Phi) is 9.37. The molecule has 5 nitrogen and oxygen atoms in total. The van der Waals surface area contributed by atoms with Crippen LogP contribution in [0.25, 0.3) is 0 Å². The summed E-state index contributed by atoms with van der Waals surface area (Å²) in [6, 6.07) is 23.0. The van der Waals surface area contributed by atoms with Crippen LogP contribution in [-0.4, -0.2) is 24.4 Å². The fourth-order valence-electron chi connectivity index (χ4n) is 7.72. The minimum atomic E-state index is -0.799. The molecule has 2 amide bonds. The second-order valence-corrected chi connectivity index (χ2v) is 13.9. The SMILES string of the molecule is CCCCCCCCCCCCCOC(=O)c1cccc(N2C(=O)[C@@H]3C4c5ccccc5C(Br)(c5ccccc54)[C@H]3C2=O)c1. The monoisotopic (exact) mass is 655 g/mol. The molecule has 1 aliphatic heterocycles. The number of benzene rings is 3. The van der Waals surface area contributed by atoms with Crippen molar-refractivity contribution in [2.45, 2.75) is 87.8 Å². The van der Waals surface area contributed by atoms with Crippen LogP contribution in [0.1, 0.15) is 116 Å². The molecule has 44 heavy (non-hydrogen) atoms. The predicted molar refractivity (Wildman–Crippen MR) is 177 cm³/mol. The number of esters is 1. The van der Waals surface area contributed by atoms with E-state index in [1.165, 1.54) is 56.3 Å². The number of carbonyl (C=O) groups is 3. The Morgan fingerprint density at radius 2 is 1.32 bits per heavy atom. The third kappa shape index (κ3) is 5.44. The van der Waals surface area contributed by atoms with Crippen molar-refractivity contribution in [2.75, 3.05) is 11.5 Å². The van der Waals surface area contributed by atoms with Crippen LogP contribution >= 0.6 is 15.9 Å². The minimum absolute atomic E-state index is 0.202. The number of anilines is 1. The third-order valence-corrected chi connectivity index (χ3v) is 11.2. The van der Waals surface area contributed by atoms with Gasteiger partial charge in [-0.1, -0.05) is 142 Å². The topological polar surface area (TPSA) is 63.7 Å². The standard InChI is InChI=1S/C38H42BrNO4/c1-2-3-4-5-6-7-8-9-10-11-16-24-44-37(43)26-18-17-19-27(25-26)40-35(41)33-32-28-20-12-14-22-30(28)38(39,34(33)36(40)42)31-23-15-13-21-29(31)32/h12-15,17-23,25,32-34H,2-11,16,24H2,1H3/t32?,33-,34-,38?/m1/s1. The molecule has 1 heterocycles. The lowest BCUT2D eigenvalue weighted by Gasteiger charge is -2.51. The predicted octanol–water partition coefficient (Wildman–Crippen LogP) is 9.06. The molecular formula is C38H42BrNO4. The van der Waals surface area contributed by atoms with Gasteiger partial charge in [-0.3, -0.25) is 9.59 Å². The zero-order valence-electron chi connectivity index (χ0n) is 25.6. The summed E-state index contributed by atoms with van der Waals surface area (Å²) in [5, 5.41) is 0. The van der Waals surface area contributed by atoms with Crippen molar-refractivity contribution in [1.29, 1.82) is 0 Å². The molecule has 7 rings (SSSR count). The van der Waals surface area contributed by atoms with Crippen LogP contribution in [0.3, 0.4) is 0 Å². The first-order valence-corrected chi connectivity index (χ1v) is 17.3. The van der Waals surface area contributed by atoms with E-state index in [1.54, 1.807) is 24.3 Å². The Morgan fingerprint density at radius 1 is 0.750 bits per heavy atom. The molecule has 1 fully saturated rings. The minimum Gasteiger partial charge on any atom is -0.462 e. The summed E-state index contributed by atoms with van der Waals surface area (Å²) in [6.07, 6.45) is 13.6. The van der Waals surface area contributed by atoms with Gasteiger partial charge in [-0.15, -0.1) is 0 Å². The van der Waals surface area contributed by atoms with E-state index < -0.39 is 22.1 Å². The van der Waals surface area contributed by atoms with Crippen LogP contribution in [0.15, 0.2) is 72.8 Å². The number of imide groups is 1. The molecule has 3 aromatic rings. The first kappa shape index (κ1) is 30.8. The van der Waals surface area contributed by atoms with Crippen molar-refractivity contribution >= 4 is 39.4 Å². The van der Waals surface area contributed by atoms with Crippen LogP contribution < -0.4 is 4.90 Å². The lowest BCUT2D eigenvalue weighted by molar-refractivity contribution is -0.122. The Labute approximate surface area is 269 Å². The van der Waals surface area contributed by atoms with Gasteiger partial charge in [0.15, 0.2) is 0 Å². The van der Waals surface area contributed by atoms with Crippen LogP contribution in [0.2, 0.25) is 0 Å². The maximum atomic E-state index is 14.2. The maximum Gasteiger partial charge on any atom is 0.338 e. The molecule has 0 saturated carbocycles. The lowest BCUT2D eigenvalue weighted by atomic mass is 9.55. The molecule has 0 spiro atoms. The zero-order valence-corrected chi connectivity index (χ0v) is 27.2. The van der Waals surface area contributed by atoms with Gasteiger partial charge in [-0.05, 0) is 46.9 Å². The second-order valence-electron chi connectivity index (χ2n) is 12.6. The summed E-state index contributed by atoms with van der Waals surface area (Å²) in [6.45, 7) is 2.62. The van der Waals surface area contributed by atoms with Crippen molar-refractivity contribution in [2.24, 2.45) is 11.8 Å². The summed E-state index contributed by atoms with van der Waals surface area (Å²) in [4.78, 5) is 42.6. The highest BCUT2D eigenvalue weighted by Crippen LogP contribution is 2.66. The third-order valence-electron chi connectivity index (χ3n) is 9.84. The number of ether oxygens (including phenoxy) is 1. The number of hydrogen-bond donors (Lipinski definition) is 0. The second kappa shape index (κ2) is 13.4. The average molecular weight is 657 g/mol. The Hall–Kier alpha value is -3.25. The van der Waals surface area contributed by atoms with E-state index in [4.69, 9.17) is 4.74 Å². The lowest BCUT2D eigenvalue weighted by Crippen LogP contribution is -2.50. The van der Waals surface area contributed by atoms with Gasteiger partial charge >= 0.3 is 5.97 Å². The first-order chi connectivity index (χ1) is 21.5. The van der Waals surface area contributed by atoms with E-state index in [2.05, 4.69) is 47.1 Å². The normalized spacial score (nSPS) is 23.0. The van der Waals surface area contributed by atoms with E-state index in [-0.39, 0.29) is 17.7 Å². The van der Waals surface area contributed by atoms with E-state index >= 15 is 0 Å². The number of amides is 2. The number of unbranched alkanes of at least 4 members (excludes halogenated alkanes) is 10. The van der Waals surface area contributed by atoms with Crippen molar-refractivity contribution in [3.63, 3.8) is 0 Å². The Morgan fingerprint density at radius 3 is 1.93 bits per heavy atom. The van der Waals surface area contributed by atoms with Crippen molar-refractivity contribution in [1.82, 2.24) is 0 Å². The molecule has 4 aliphatic rings. The summed E-state index contributed by atoms with van der Waals surface area (Å²) < 4.78 is 4.79. The molecule has 3 aliphatic carbocycles. The molecule has 0 radical (unpaired) electrons. The van der Waals surface area contributed by atoms with Gasteiger partial charge in [-0.25, -0.2) is 9.69 Å².